The number of hydrogen-bond donors (Lipinski definition) is 2. The predicted octanol–water partition coefficient (Wildman–Crippen LogP) is 6.41. The van der Waals surface area contributed by atoms with Crippen LogP contribution in [0.3, 0.4) is 0 Å². The van der Waals surface area contributed by atoms with E-state index < -0.39 is 5.97 Å². The van der Waals surface area contributed by atoms with E-state index in [1.807, 2.05) is 6.07 Å². The van der Waals surface area contributed by atoms with Crippen molar-refractivity contribution in [3.05, 3.63) is 87.9 Å². The molecule has 2 N–H and O–H groups in total. The summed E-state index contributed by atoms with van der Waals surface area (Å²) >= 11 is 0. The minimum atomic E-state index is -0.888. The summed E-state index contributed by atoms with van der Waals surface area (Å²) in [5, 5.41) is 11.7. The molecule has 178 valence electrons. The third kappa shape index (κ3) is 4.93. The van der Waals surface area contributed by atoms with Gasteiger partial charge in [0.15, 0.2) is 5.76 Å². The number of nitrogens with one attached hydrogen (secondary N) is 1. The zero-order chi connectivity index (χ0) is 24.7. The molecule has 4 rings (SSSR count). The quantitative estimate of drug-likeness (QED) is 0.446. The summed E-state index contributed by atoms with van der Waals surface area (Å²) in [5.41, 5.74) is 6.91. The van der Waals surface area contributed by atoms with Gasteiger partial charge < -0.3 is 14.8 Å². The van der Waals surface area contributed by atoms with Gasteiger partial charge in [0.05, 0.1) is 6.42 Å². The monoisotopic (exact) mass is 459 g/mol. The highest BCUT2D eigenvalue weighted by molar-refractivity contribution is 6.02. The molecule has 0 bridgehead atoms. The Morgan fingerprint density at radius 2 is 1.56 bits per heavy atom. The fraction of sp³-hybridized carbons (Fsp3) is 0.379. The highest BCUT2D eigenvalue weighted by atomic mass is 16.4. The molecule has 0 fully saturated rings. The van der Waals surface area contributed by atoms with Crippen molar-refractivity contribution in [1.82, 2.24) is 0 Å². The molecular formula is C29H33NO4. The number of furan rings is 1. The third-order valence-electron chi connectivity index (χ3n) is 7.13. The second kappa shape index (κ2) is 8.79. The molecule has 0 saturated carbocycles. The minimum Gasteiger partial charge on any atom is -0.481 e. The van der Waals surface area contributed by atoms with Crippen molar-refractivity contribution in [3.63, 3.8) is 0 Å². The van der Waals surface area contributed by atoms with Gasteiger partial charge in [0, 0.05) is 12.1 Å². The topological polar surface area (TPSA) is 79.5 Å². The first kappa shape index (κ1) is 23.8. The minimum absolute atomic E-state index is 0.0490. The van der Waals surface area contributed by atoms with Crippen LogP contribution in [0.25, 0.3) is 0 Å². The number of fused-ring (bicyclic) bond motifs is 1. The standard InChI is InChI=1S/C29H33NO4/c1-18-14-23-24(29(4,5)13-12-28(23,2)3)17-20(18)16-22-10-11-25(34-22)27(33)30-21-8-6-19(7-9-21)15-26(31)32/h6-11,14,17H,12-13,15-16H2,1-5H3,(H,30,33)(H,31,32). The highest BCUT2D eigenvalue weighted by Crippen LogP contribution is 2.46. The van der Waals surface area contributed by atoms with E-state index >= 15 is 0 Å². The molecule has 1 aromatic heterocycles. The Balaban J connectivity index is 1.50. The van der Waals surface area contributed by atoms with E-state index in [1.165, 1.54) is 28.7 Å². The second-order valence-electron chi connectivity index (χ2n) is 10.8. The van der Waals surface area contributed by atoms with Crippen molar-refractivity contribution < 1.29 is 19.1 Å². The van der Waals surface area contributed by atoms with Gasteiger partial charge in [0.25, 0.3) is 5.91 Å². The smallest absolute Gasteiger partial charge is 0.307 e. The lowest BCUT2D eigenvalue weighted by molar-refractivity contribution is -0.136. The Bertz CT molecular complexity index is 1230. The van der Waals surface area contributed by atoms with Crippen LogP contribution in [0.2, 0.25) is 0 Å². The van der Waals surface area contributed by atoms with Crippen LogP contribution in [0.5, 0.6) is 0 Å². The van der Waals surface area contributed by atoms with Crippen molar-refractivity contribution in [1.29, 1.82) is 0 Å². The molecule has 1 aliphatic rings. The maximum atomic E-state index is 12.7. The lowest BCUT2D eigenvalue weighted by atomic mass is 9.62. The van der Waals surface area contributed by atoms with E-state index in [9.17, 15) is 9.59 Å². The average molecular weight is 460 g/mol. The molecule has 1 amide bonds. The Labute approximate surface area is 201 Å². The van der Waals surface area contributed by atoms with Gasteiger partial charge in [-0.3, -0.25) is 9.59 Å². The Morgan fingerprint density at radius 3 is 2.18 bits per heavy atom. The molecule has 3 aromatic rings. The van der Waals surface area contributed by atoms with Gasteiger partial charge in [-0.25, -0.2) is 0 Å². The van der Waals surface area contributed by atoms with Crippen LogP contribution in [0, 0.1) is 6.92 Å². The first-order valence-corrected chi connectivity index (χ1v) is 11.8. The van der Waals surface area contributed by atoms with Gasteiger partial charge in [-0.05, 0) is 82.7 Å². The summed E-state index contributed by atoms with van der Waals surface area (Å²) < 4.78 is 5.90. The van der Waals surface area contributed by atoms with Gasteiger partial charge in [0.2, 0.25) is 0 Å². The molecule has 1 heterocycles. The van der Waals surface area contributed by atoms with Gasteiger partial charge in [-0.2, -0.15) is 0 Å². The van der Waals surface area contributed by atoms with Gasteiger partial charge in [-0.1, -0.05) is 52.0 Å². The fourth-order valence-electron chi connectivity index (χ4n) is 4.81. The SMILES string of the molecule is Cc1cc2c(cc1Cc1ccc(C(=O)Nc3ccc(CC(=O)O)cc3)o1)C(C)(C)CCC2(C)C. The number of benzene rings is 2. The Kier molecular flexibility index (Phi) is 6.15. The third-order valence-corrected chi connectivity index (χ3v) is 7.13. The molecule has 0 unspecified atom stereocenters. The van der Waals surface area contributed by atoms with Crippen LogP contribution in [-0.4, -0.2) is 17.0 Å². The van der Waals surface area contributed by atoms with Gasteiger partial charge >= 0.3 is 5.97 Å². The number of carboxylic acids is 1. The van der Waals surface area contributed by atoms with Crippen LogP contribution < -0.4 is 5.32 Å². The van der Waals surface area contributed by atoms with Crippen molar-refractivity contribution in [2.75, 3.05) is 5.32 Å². The van der Waals surface area contributed by atoms with Crippen molar-refractivity contribution in [3.8, 4) is 0 Å². The van der Waals surface area contributed by atoms with Crippen LogP contribution in [0.15, 0.2) is 52.9 Å². The first-order valence-electron chi connectivity index (χ1n) is 11.8. The summed E-state index contributed by atoms with van der Waals surface area (Å²) in [4.78, 5) is 23.5. The lowest BCUT2D eigenvalue weighted by Gasteiger charge is -2.42. The molecule has 0 saturated heterocycles. The molecular weight excluding hydrogens is 426 g/mol. The van der Waals surface area contributed by atoms with Crippen LogP contribution in [0.1, 0.15) is 84.7 Å². The number of aliphatic carboxylic acids is 1. The molecule has 0 radical (unpaired) electrons. The number of amides is 1. The second-order valence-corrected chi connectivity index (χ2v) is 10.8. The van der Waals surface area contributed by atoms with Crippen molar-refractivity contribution in [2.24, 2.45) is 0 Å². The molecule has 34 heavy (non-hydrogen) atoms. The highest BCUT2D eigenvalue weighted by Gasteiger charge is 2.37. The van der Waals surface area contributed by atoms with Gasteiger partial charge in [-0.15, -0.1) is 0 Å². The Hall–Kier alpha value is -3.34. The van der Waals surface area contributed by atoms with Crippen molar-refractivity contribution in [2.45, 2.75) is 71.1 Å². The number of anilines is 1. The number of rotatable bonds is 6. The van der Waals surface area contributed by atoms with Crippen LogP contribution >= 0.6 is 0 Å². The zero-order valence-corrected chi connectivity index (χ0v) is 20.6. The number of hydrogen-bond acceptors (Lipinski definition) is 3. The fourth-order valence-corrected chi connectivity index (χ4v) is 4.81. The number of carboxylic acid groups (broad SMARTS) is 1. The van der Waals surface area contributed by atoms with Crippen molar-refractivity contribution >= 4 is 17.6 Å². The molecule has 0 atom stereocenters. The van der Waals surface area contributed by atoms with E-state index in [1.54, 1.807) is 30.3 Å². The van der Waals surface area contributed by atoms with E-state index in [0.717, 1.165) is 12.2 Å². The molecule has 0 aliphatic heterocycles. The molecule has 1 aliphatic carbocycles. The van der Waals surface area contributed by atoms with E-state index in [0.29, 0.717) is 17.7 Å². The van der Waals surface area contributed by atoms with Crippen LogP contribution in [-0.2, 0) is 28.5 Å². The zero-order valence-electron chi connectivity index (χ0n) is 20.6. The molecule has 5 nitrogen and oxygen atoms in total. The Morgan fingerprint density at radius 1 is 0.941 bits per heavy atom. The lowest BCUT2D eigenvalue weighted by Crippen LogP contribution is -2.34. The summed E-state index contributed by atoms with van der Waals surface area (Å²) in [5.74, 6) is -0.219. The molecule has 0 spiro atoms. The number of aryl methyl sites for hydroxylation is 1. The number of carbonyl (C=O) groups is 2. The summed E-state index contributed by atoms with van der Waals surface area (Å²) in [6, 6.07) is 15.0. The summed E-state index contributed by atoms with van der Waals surface area (Å²) in [6.45, 7) is 11.5. The normalized spacial score (nSPS) is 16.0. The molecule has 5 heteroatoms. The largest absolute Gasteiger partial charge is 0.481 e. The van der Waals surface area contributed by atoms with Crippen LogP contribution in [0.4, 0.5) is 5.69 Å². The molecule has 2 aromatic carbocycles. The van der Waals surface area contributed by atoms with Gasteiger partial charge in [0.1, 0.15) is 5.76 Å². The average Bonchev–Trinajstić information content (AvgIpc) is 3.22. The maximum absolute atomic E-state index is 12.7. The van der Waals surface area contributed by atoms with E-state index in [2.05, 4.69) is 52.1 Å². The number of carbonyl (C=O) groups excluding carboxylic acids is 1. The first-order chi connectivity index (χ1) is 15.9. The summed E-state index contributed by atoms with van der Waals surface area (Å²) in [6.07, 6.45) is 2.93. The van der Waals surface area contributed by atoms with E-state index in [-0.39, 0.29) is 28.9 Å². The predicted molar refractivity (Wildman–Crippen MR) is 134 cm³/mol. The summed E-state index contributed by atoms with van der Waals surface area (Å²) in [7, 11) is 0. The van der Waals surface area contributed by atoms with E-state index in [4.69, 9.17) is 9.52 Å². The maximum Gasteiger partial charge on any atom is 0.307 e.